The molecule has 0 saturated carbocycles. The van der Waals surface area contributed by atoms with E-state index in [1.54, 1.807) is 4.90 Å². The molecule has 40 heavy (non-hydrogen) atoms. The van der Waals surface area contributed by atoms with Gasteiger partial charge in [0.2, 0.25) is 0 Å². The Hall–Kier alpha value is -4.47. The van der Waals surface area contributed by atoms with E-state index in [4.69, 9.17) is 15.6 Å². The van der Waals surface area contributed by atoms with Crippen LogP contribution in [0.15, 0.2) is 54.9 Å². The van der Waals surface area contributed by atoms with Gasteiger partial charge in [0.1, 0.15) is 23.4 Å². The van der Waals surface area contributed by atoms with Crippen molar-refractivity contribution in [1.82, 2.24) is 30.0 Å². The summed E-state index contributed by atoms with van der Waals surface area (Å²) in [6, 6.07) is 15.2. The van der Waals surface area contributed by atoms with Gasteiger partial charge in [0.15, 0.2) is 5.65 Å². The number of nitrogens with one attached hydrogen (secondary N) is 1. The van der Waals surface area contributed by atoms with Crippen LogP contribution in [-0.2, 0) is 11.3 Å². The molecule has 10 heteroatoms. The number of benzene rings is 2. The molecule has 2 aromatic heterocycles. The van der Waals surface area contributed by atoms with Crippen molar-refractivity contribution in [2.75, 3.05) is 18.8 Å². The molecule has 0 radical (unpaired) electrons. The molecule has 1 saturated heterocycles. The van der Waals surface area contributed by atoms with Crippen molar-refractivity contribution in [3.8, 4) is 11.3 Å². The minimum absolute atomic E-state index is 0.0805. The number of amides is 2. The first-order valence-corrected chi connectivity index (χ1v) is 13.5. The highest BCUT2D eigenvalue weighted by molar-refractivity contribution is 5.98. The highest BCUT2D eigenvalue weighted by atomic mass is 16.6. The van der Waals surface area contributed by atoms with Crippen molar-refractivity contribution in [2.45, 2.75) is 58.7 Å². The maximum absolute atomic E-state index is 12.8. The number of ether oxygens (including phenoxy) is 1. The number of nitrogens with zero attached hydrogens (tertiary/aromatic N) is 5. The SMILES string of the molecule is Cc1ccc(C(=O)NCc2ccc(-c3nn([C@@H]4CCCN(C(=O)OC(C)(C)C)C4)c4ncnc(N)c34)cc2)cc1. The van der Waals surface area contributed by atoms with Crippen LogP contribution in [-0.4, -0.2) is 55.3 Å². The molecule has 0 aliphatic carbocycles. The summed E-state index contributed by atoms with van der Waals surface area (Å²) in [6.45, 7) is 9.08. The first kappa shape index (κ1) is 27.1. The second kappa shape index (κ2) is 11.0. The fourth-order valence-electron chi connectivity index (χ4n) is 4.87. The van der Waals surface area contributed by atoms with Crippen molar-refractivity contribution in [3.63, 3.8) is 0 Å². The van der Waals surface area contributed by atoms with Gasteiger partial charge < -0.3 is 20.7 Å². The molecule has 1 atom stereocenters. The molecule has 0 unspecified atom stereocenters. The van der Waals surface area contributed by atoms with Gasteiger partial charge in [0, 0.05) is 30.8 Å². The lowest BCUT2D eigenvalue weighted by molar-refractivity contribution is 0.0169. The molecule has 1 aliphatic rings. The van der Waals surface area contributed by atoms with E-state index in [-0.39, 0.29) is 18.0 Å². The molecular formula is C30H35N7O3. The summed E-state index contributed by atoms with van der Waals surface area (Å²) in [5, 5.41) is 8.59. The summed E-state index contributed by atoms with van der Waals surface area (Å²) in [4.78, 5) is 35.7. The predicted octanol–water partition coefficient (Wildman–Crippen LogP) is 4.89. The Balaban J connectivity index is 1.36. The zero-order valence-electron chi connectivity index (χ0n) is 23.3. The Labute approximate surface area is 233 Å². The monoisotopic (exact) mass is 541 g/mol. The highest BCUT2D eigenvalue weighted by Crippen LogP contribution is 2.34. The fourth-order valence-corrected chi connectivity index (χ4v) is 4.87. The van der Waals surface area contributed by atoms with Gasteiger partial charge in [-0.1, -0.05) is 42.0 Å². The number of nitrogens with two attached hydrogens (primary N) is 1. The van der Waals surface area contributed by atoms with Crippen LogP contribution in [0.3, 0.4) is 0 Å². The quantitative estimate of drug-likeness (QED) is 0.368. The minimum Gasteiger partial charge on any atom is -0.444 e. The topological polar surface area (TPSA) is 128 Å². The van der Waals surface area contributed by atoms with E-state index >= 15 is 0 Å². The smallest absolute Gasteiger partial charge is 0.410 e. The van der Waals surface area contributed by atoms with E-state index in [0.29, 0.717) is 47.7 Å². The Kier molecular flexibility index (Phi) is 7.42. The van der Waals surface area contributed by atoms with Crippen molar-refractivity contribution < 1.29 is 14.3 Å². The Bertz CT molecular complexity index is 1520. The van der Waals surface area contributed by atoms with Crippen LogP contribution in [0.25, 0.3) is 22.3 Å². The third-order valence-electron chi connectivity index (χ3n) is 6.91. The highest BCUT2D eigenvalue weighted by Gasteiger charge is 2.31. The maximum atomic E-state index is 12.8. The fraction of sp³-hybridized carbons (Fsp3) is 0.367. The number of carbonyl (C=O) groups excluding carboxylic acids is 2. The number of aromatic nitrogens is 4. The molecule has 2 amide bonds. The van der Waals surface area contributed by atoms with Gasteiger partial charge in [-0.15, -0.1) is 0 Å². The lowest BCUT2D eigenvalue weighted by atomic mass is 10.1. The summed E-state index contributed by atoms with van der Waals surface area (Å²) >= 11 is 0. The summed E-state index contributed by atoms with van der Waals surface area (Å²) in [7, 11) is 0. The number of piperidine rings is 1. The van der Waals surface area contributed by atoms with Crippen molar-refractivity contribution in [1.29, 1.82) is 0 Å². The summed E-state index contributed by atoms with van der Waals surface area (Å²) in [5.74, 6) is 0.229. The summed E-state index contributed by atoms with van der Waals surface area (Å²) in [5.41, 5.74) is 10.6. The number of anilines is 1. The van der Waals surface area contributed by atoms with Gasteiger partial charge in [-0.25, -0.2) is 19.4 Å². The van der Waals surface area contributed by atoms with Crippen LogP contribution in [0.5, 0.6) is 0 Å². The Morgan fingerprint density at radius 3 is 2.50 bits per heavy atom. The zero-order valence-corrected chi connectivity index (χ0v) is 23.3. The number of likely N-dealkylation sites (tertiary alicyclic amines) is 1. The molecule has 0 spiro atoms. The van der Waals surface area contributed by atoms with Gasteiger partial charge in [-0.2, -0.15) is 5.10 Å². The minimum atomic E-state index is -0.563. The molecule has 1 aliphatic heterocycles. The van der Waals surface area contributed by atoms with Crippen LogP contribution >= 0.6 is 0 Å². The number of fused-ring (bicyclic) bond motifs is 1. The van der Waals surface area contributed by atoms with Crippen LogP contribution in [0.2, 0.25) is 0 Å². The van der Waals surface area contributed by atoms with E-state index < -0.39 is 5.60 Å². The second-order valence-corrected chi connectivity index (χ2v) is 11.2. The van der Waals surface area contributed by atoms with E-state index in [2.05, 4.69) is 15.3 Å². The standard InChI is InChI=1S/C30H35N7O3/c1-19-7-11-22(12-8-19)28(38)32-16-20-9-13-21(14-10-20)25-24-26(31)33-18-34-27(24)37(35-25)23-6-5-15-36(17-23)29(39)40-30(2,3)4/h7-14,18,23H,5-6,15-17H2,1-4H3,(H,32,38)(H2,31,33,34)/t23-/m1/s1. The number of aryl methyl sites for hydroxylation is 1. The van der Waals surface area contributed by atoms with E-state index in [1.165, 1.54) is 6.33 Å². The molecule has 0 bridgehead atoms. The second-order valence-electron chi connectivity index (χ2n) is 11.2. The molecule has 10 nitrogen and oxygen atoms in total. The molecule has 3 heterocycles. The van der Waals surface area contributed by atoms with Gasteiger partial charge in [-0.3, -0.25) is 4.79 Å². The largest absolute Gasteiger partial charge is 0.444 e. The van der Waals surface area contributed by atoms with E-state index in [9.17, 15) is 9.59 Å². The molecule has 208 valence electrons. The third-order valence-corrected chi connectivity index (χ3v) is 6.91. The summed E-state index contributed by atoms with van der Waals surface area (Å²) < 4.78 is 7.47. The average molecular weight is 542 g/mol. The average Bonchev–Trinajstić information content (AvgIpc) is 3.33. The maximum Gasteiger partial charge on any atom is 0.410 e. The van der Waals surface area contributed by atoms with Crippen molar-refractivity contribution in [3.05, 3.63) is 71.5 Å². The Morgan fingerprint density at radius 2 is 1.80 bits per heavy atom. The van der Waals surface area contributed by atoms with Crippen LogP contribution in [0, 0.1) is 6.92 Å². The number of rotatable bonds is 5. The lowest BCUT2D eigenvalue weighted by Gasteiger charge is -2.34. The number of nitrogen functional groups attached to an aromatic ring is 1. The first-order valence-electron chi connectivity index (χ1n) is 13.5. The predicted molar refractivity (Wildman–Crippen MR) is 154 cm³/mol. The number of carbonyl (C=O) groups is 2. The van der Waals surface area contributed by atoms with Gasteiger partial charge in [-0.05, 0) is 58.2 Å². The first-order chi connectivity index (χ1) is 19.1. The molecule has 1 fully saturated rings. The third kappa shape index (κ3) is 5.90. The van der Waals surface area contributed by atoms with E-state index in [1.807, 2.05) is 80.9 Å². The number of hydrogen-bond donors (Lipinski definition) is 2. The summed E-state index contributed by atoms with van der Waals surface area (Å²) in [6.07, 6.45) is 2.78. The van der Waals surface area contributed by atoms with Crippen LogP contribution < -0.4 is 11.1 Å². The van der Waals surface area contributed by atoms with Crippen LogP contribution in [0.1, 0.15) is 61.1 Å². The molecular weight excluding hydrogens is 506 g/mol. The molecule has 3 N–H and O–H groups in total. The zero-order chi connectivity index (χ0) is 28.4. The van der Waals surface area contributed by atoms with Gasteiger partial charge in [0.25, 0.3) is 5.91 Å². The van der Waals surface area contributed by atoms with Crippen molar-refractivity contribution in [2.24, 2.45) is 0 Å². The molecule has 4 aromatic rings. The van der Waals surface area contributed by atoms with Gasteiger partial charge >= 0.3 is 6.09 Å². The lowest BCUT2D eigenvalue weighted by Crippen LogP contribution is -2.43. The van der Waals surface area contributed by atoms with Gasteiger partial charge in [0.05, 0.1) is 11.4 Å². The van der Waals surface area contributed by atoms with Crippen LogP contribution in [0.4, 0.5) is 10.6 Å². The normalized spacial score (nSPS) is 15.7. The molecule has 2 aromatic carbocycles. The van der Waals surface area contributed by atoms with E-state index in [0.717, 1.165) is 29.5 Å². The number of hydrogen-bond acceptors (Lipinski definition) is 7. The van der Waals surface area contributed by atoms with Crippen molar-refractivity contribution >= 4 is 28.9 Å². The molecule has 5 rings (SSSR count). The Morgan fingerprint density at radius 1 is 1.07 bits per heavy atom.